The number of rotatable bonds is 3. The molecule has 144 valence electrons. The summed E-state index contributed by atoms with van der Waals surface area (Å²) in [5.41, 5.74) is 0. The van der Waals surface area contributed by atoms with E-state index in [9.17, 15) is 18.0 Å². The largest absolute Gasteiger partial charge is 0.490 e. The first-order chi connectivity index (χ1) is 11.6. The van der Waals surface area contributed by atoms with Crippen molar-refractivity contribution in [2.75, 3.05) is 26.2 Å². The topological polar surface area (TPSA) is 70.1 Å². The predicted octanol–water partition coefficient (Wildman–Crippen LogP) is 1.74. The Labute approximate surface area is 144 Å². The number of amides is 1. The first-order valence-electron chi connectivity index (χ1n) is 8.55. The van der Waals surface area contributed by atoms with Crippen molar-refractivity contribution >= 4 is 11.9 Å². The Morgan fingerprint density at radius 2 is 1.84 bits per heavy atom. The molecule has 9 heteroatoms. The van der Waals surface area contributed by atoms with Crippen LogP contribution in [0.25, 0.3) is 0 Å². The van der Waals surface area contributed by atoms with Gasteiger partial charge in [0.25, 0.3) is 0 Å². The lowest BCUT2D eigenvalue weighted by Gasteiger charge is -2.32. The van der Waals surface area contributed by atoms with E-state index in [0.29, 0.717) is 30.4 Å². The molecule has 0 aromatic carbocycles. The van der Waals surface area contributed by atoms with E-state index >= 15 is 0 Å². The number of carboxylic acids is 1. The average molecular weight is 366 g/mol. The first-order valence-corrected chi connectivity index (χ1v) is 8.55. The van der Waals surface area contributed by atoms with E-state index in [2.05, 4.69) is 18.7 Å². The molecule has 6 nitrogen and oxygen atoms in total. The van der Waals surface area contributed by atoms with Gasteiger partial charge in [0.1, 0.15) is 0 Å². The number of aliphatic carboxylic acids is 1. The van der Waals surface area contributed by atoms with Crippen LogP contribution in [0, 0.1) is 5.92 Å². The summed E-state index contributed by atoms with van der Waals surface area (Å²) < 4.78 is 37.8. The lowest BCUT2D eigenvalue weighted by molar-refractivity contribution is -0.192. The molecule has 0 saturated carbocycles. The maximum absolute atomic E-state index is 11.9. The highest BCUT2D eigenvalue weighted by atomic mass is 19.4. The van der Waals surface area contributed by atoms with Crippen LogP contribution < -0.4 is 0 Å². The van der Waals surface area contributed by atoms with Crippen molar-refractivity contribution in [3.05, 3.63) is 0 Å². The van der Waals surface area contributed by atoms with Crippen LogP contribution in [0.1, 0.15) is 33.1 Å². The van der Waals surface area contributed by atoms with Gasteiger partial charge in [-0.3, -0.25) is 9.69 Å². The fraction of sp³-hybridized carbons (Fsp3) is 0.875. The van der Waals surface area contributed by atoms with Gasteiger partial charge in [0.15, 0.2) is 0 Å². The molecule has 3 heterocycles. The van der Waals surface area contributed by atoms with Crippen LogP contribution in [0.4, 0.5) is 13.2 Å². The minimum Gasteiger partial charge on any atom is -0.475 e. The van der Waals surface area contributed by atoms with Gasteiger partial charge in [-0.05, 0) is 26.7 Å². The number of alkyl halides is 3. The van der Waals surface area contributed by atoms with Gasteiger partial charge in [-0.1, -0.05) is 0 Å². The smallest absolute Gasteiger partial charge is 0.475 e. The van der Waals surface area contributed by atoms with Crippen LogP contribution in [0.3, 0.4) is 0 Å². The molecule has 3 aliphatic rings. The maximum Gasteiger partial charge on any atom is 0.490 e. The Hall–Kier alpha value is -1.35. The second kappa shape index (κ2) is 7.90. The number of carboxylic acid groups (broad SMARTS) is 1. The number of halogens is 3. The molecule has 3 rings (SSSR count). The van der Waals surface area contributed by atoms with Crippen molar-refractivity contribution in [3.8, 4) is 0 Å². The molecule has 1 amide bonds. The monoisotopic (exact) mass is 366 g/mol. The van der Waals surface area contributed by atoms with Crippen LogP contribution in [0.15, 0.2) is 0 Å². The predicted molar refractivity (Wildman–Crippen MR) is 83.0 cm³/mol. The van der Waals surface area contributed by atoms with Gasteiger partial charge in [0.05, 0.1) is 18.6 Å². The molecular weight excluding hydrogens is 341 g/mol. The number of nitrogens with zero attached hydrogens (tertiary/aromatic N) is 2. The fourth-order valence-electron chi connectivity index (χ4n) is 3.34. The third-order valence-corrected chi connectivity index (χ3v) is 4.93. The van der Waals surface area contributed by atoms with Crippen molar-refractivity contribution in [2.24, 2.45) is 5.92 Å². The third kappa shape index (κ3) is 5.31. The minimum atomic E-state index is -5.08. The van der Waals surface area contributed by atoms with Crippen LogP contribution >= 0.6 is 0 Å². The Morgan fingerprint density at radius 3 is 2.24 bits per heavy atom. The molecule has 3 aliphatic heterocycles. The zero-order valence-electron chi connectivity index (χ0n) is 14.5. The Kier molecular flexibility index (Phi) is 6.31. The average Bonchev–Trinajstić information content (AvgIpc) is 2.93. The molecule has 3 atom stereocenters. The number of hydrogen-bond acceptors (Lipinski definition) is 4. The first kappa shape index (κ1) is 20.0. The highest BCUT2D eigenvalue weighted by Crippen LogP contribution is 2.35. The number of fused-ring (bicyclic) bond motifs is 1. The Balaban J connectivity index is 0.000000277. The second-order valence-corrected chi connectivity index (χ2v) is 7.08. The molecule has 0 aliphatic carbocycles. The number of likely N-dealkylation sites (tertiary alicyclic amines) is 2. The second-order valence-electron chi connectivity index (χ2n) is 7.08. The molecular formula is C16H25F3N2O4. The number of carbonyl (C=O) groups is 2. The molecule has 3 saturated heterocycles. The molecule has 25 heavy (non-hydrogen) atoms. The zero-order valence-corrected chi connectivity index (χ0v) is 14.5. The van der Waals surface area contributed by atoms with Crippen LogP contribution in [-0.2, 0) is 14.3 Å². The third-order valence-electron chi connectivity index (χ3n) is 4.93. The molecule has 0 spiro atoms. The van der Waals surface area contributed by atoms with Crippen molar-refractivity contribution in [3.63, 3.8) is 0 Å². The van der Waals surface area contributed by atoms with Crippen LogP contribution in [0.5, 0.6) is 0 Å². The van der Waals surface area contributed by atoms with Crippen molar-refractivity contribution < 1.29 is 32.6 Å². The van der Waals surface area contributed by atoms with Crippen molar-refractivity contribution in [1.82, 2.24) is 9.80 Å². The molecule has 0 bridgehead atoms. The van der Waals surface area contributed by atoms with Gasteiger partial charge >= 0.3 is 12.1 Å². The van der Waals surface area contributed by atoms with E-state index in [0.717, 1.165) is 32.6 Å². The van der Waals surface area contributed by atoms with Gasteiger partial charge in [0.2, 0.25) is 5.91 Å². The summed E-state index contributed by atoms with van der Waals surface area (Å²) >= 11 is 0. The lowest BCUT2D eigenvalue weighted by atomic mass is 10.0. The number of ether oxygens (including phenoxy) is 1. The number of carbonyl (C=O) groups excluding carboxylic acids is 1. The SMILES string of the molecule is CC(C)N1C[C@@H]2C[C@H](CC(=O)N3CCC3)O[C@@H]2C1.O=C(O)C(F)(F)F. The quantitative estimate of drug-likeness (QED) is 0.824. The van der Waals surface area contributed by atoms with E-state index in [4.69, 9.17) is 14.6 Å². The normalized spacial score (nSPS) is 29.0. The standard InChI is InChI=1S/C14H24N2O2.C2HF3O2/c1-10(2)16-8-11-6-12(18-13(11)9-16)7-14(17)15-4-3-5-15;3-2(4,5)1(6)7/h10-13H,3-9H2,1-2H3;(H,6,7)/t11-,12+,13+;/m0./s1. The van der Waals surface area contributed by atoms with Gasteiger partial charge in [-0.25, -0.2) is 4.79 Å². The van der Waals surface area contributed by atoms with Gasteiger partial charge in [-0.15, -0.1) is 0 Å². The summed E-state index contributed by atoms with van der Waals surface area (Å²) in [6, 6.07) is 0.611. The van der Waals surface area contributed by atoms with Gasteiger partial charge < -0.3 is 14.7 Å². The number of hydrogen-bond donors (Lipinski definition) is 1. The Morgan fingerprint density at radius 1 is 1.24 bits per heavy atom. The molecule has 0 aromatic rings. The highest BCUT2D eigenvalue weighted by Gasteiger charge is 2.43. The van der Waals surface area contributed by atoms with Gasteiger partial charge in [0, 0.05) is 38.1 Å². The van der Waals surface area contributed by atoms with E-state index < -0.39 is 12.1 Å². The van der Waals surface area contributed by atoms with Crippen LogP contribution in [-0.4, -0.2) is 77.4 Å². The summed E-state index contributed by atoms with van der Waals surface area (Å²) in [5.74, 6) is -1.80. The maximum atomic E-state index is 11.9. The molecule has 0 unspecified atom stereocenters. The highest BCUT2D eigenvalue weighted by molar-refractivity contribution is 5.77. The summed E-state index contributed by atoms with van der Waals surface area (Å²) in [4.78, 5) is 25.3. The van der Waals surface area contributed by atoms with E-state index in [-0.39, 0.29) is 6.10 Å². The molecule has 0 aromatic heterocycles. The Bertz CT molecular complexity index is 480. The van der Waals surface area contributed by atoms with E-state index in [1.807, 2.05) is 4.90 Å². The van der Waals surface area contributed by atoms with Crippen molar-refractivity contribution in [1.29, 1.82) is 0 Å². The zero-order chi connectivity index (χ0) is 18.8. The van der Waals surface area contributed by atoms with Crippen molar-refractivity contribution in [2.45, 2.75) is 57.5 Å². The lowest BCUT2D eigenvalue weighted by Crippen LogP contribution is -2.43. The minimum absolute atomic E-state index is 0.183. The van der Waals surface area contributed by atoms with Gasteiger partial charge in [-0.2, -0.15) is 13.2 Å². The summed E-state index contributed by atoms with van der Waals surface area (Å²) in [7, 11) is 0. The fourth-order valence-corrected chi connectivity index (χ4v) is 3.34. The summed E-state index contributed by atoms with van der Waals surface area (Å²) in [5, 5.41) is 7.12. The molecule has 0 radical (unpaired) electrons. The summed E-state index contributed by atoms with van der Waals surface area (Å²) in [6.45, 7) is 8.60. The van der Waals surface area contributed by atoms with E-state index in [1.54, 1.807) is 0 Å². The summed E-state index contributed by atoms with van der Waals surface area (Å²) in [6.07, 6.45) is -1.67. The van der Waals surface area contributed by atoms with E-state index in [1.165, 1.54) is 6.42 Å². The van der Waals surface area contributed by atoms with Crippen LogP contribution in [0.2, 0.25) is 0 Å². The molecule has 3 fully saturated rings. The molecule has 1 N–H and O–H groups in total.